The number of benzene rings is 2. The predicted molar refractivity (Wildman–Crippen MR) is 245 cm³/mol. The Morgan fingerprint density at radius 3 is 1.29 bits per heavy atom. The smallest absolute Gasteiger partial charge is 0.123 e. The Bertz CT molecular complexity index is 1890. The third-order valence-electron chi connectivity index (χ3n) is 17.6. The number of nitriles is 1. The van der Waals surface area contributed by atoms with Gasteiger partial charge in [0.05, 0.1) is 6.07 Å². The predicted octanol–water partition coefficient (Wildman–Crippen LogP) is 14.7. The minimum absolute atomic E-state index is 0.0687. The van der Waals surface area contributed by atoms with Crippen molar-refractivity contribution < 1.29 is 20.4 Å². The van der Waals surface area contributed by atoms with Gasteiger partial charge in [-0.25, -0.2) is 0 Å². The Morgan fingerprint density at radius 1 is 0.593 bits per heavy atom. The fourth-order valence-electron chi connectivity index (χ4n) is 13.9. The van der Waals surface area contributed by atoms with Crippen LogP contribution < -0.4 is 0 Å². The van der Waals surface area contributed by atoms with E-state index in [9.17, 15) is 20.4 Å². The van der Waals surface area contributed by atoms with E-state index in [1.165, 1.54) is 75.4 Å². The third kappa shape index (κ3) is 8.14. The summed E-state index contributed by atoms with van der Waals surface area (Å²) in [7, 11) is 0. The lowest BCUT2D eigenvalue weighted by Gasteiger charge is -2.59. The van der Waals surface area contributed by atoms with E-state index in [0.29, 0.717) is 41.6 Å². The molecule has 0 amide bonds. The number of aromatic hydroxyl groups is 4. The van der Waals surface area contributed by atoms with Crippen molar-refractivity contribution in [1.29, 1.82) is 5.26 Å². The average molecular weight is 869 g/mol. The van der Waals surface area contributed by atoms with Gasteiger partial charge in [0.2, 0.25) is 0 Å². The highest BCUT2D eigenvalue weighted by Crippen LogP contribution is 2.66. The Hall–Kier alpha value is -2.91. The van der Waals surface area contributed by atoms with Gasteiger partial charge in [-0.05, 0) is 159 Å². The summed E-state index contributed by atoms with van der Waals surface area (Å²) in [4.78, 5) is 0. The summed E-state index contributed by atoms with van der Waals surface area (Å²) in [5.74, 6) is 3.68. The molecule has 59 heavy (non-hydrogen) atoms. The first-order valence-electron chi connectivity index (χ1n) is 23.5. The van der Waals surface area contributed by atoms with Gasteiger partial charge in [-0.2, -0.15) is 5.26 Å². The van der Waals surface area contributed by atoms with E-state index in [2.05, 4.69) is 75.7 Å². The summed E-state index contributed by atoms with van der Waals surface area (Å²) < 4.78 is 0. The first-order chi connectivity index (χ1) is 28.1. The second-order valence-electron chi connectivity index (χ2n) is 21.4. The van der Waals surface area contributed by atoms with Crippen LogP contribution in [0.1, 0.15) is 198 Å². The van der Waals surface area contributed by atoms with E-state index in [1.807, 2.05) is 24.3 Å². The summed E-state index contributed by atoms with van der Waals surface area (Å²) in [6.07, 6.45) is 26.2. The van der Waals surface area contributed by atoms with Crippen LogP contribution in [0.2, 0.25) is 0 Å². The van der Waals surface area contributed by atoms with E-state index in [4.69, 9.17) is 5.26 Å². The Labute approximate surface area is 364 Å². The molecular weight excluding hydrogens is 794 g/mol. The lowest BCUT2D eigenvalue weighted by molar-refractivity contribution is -0.0199. The standard InChI is InChI=1S/C27H37NO2.C26H37BrO2/c1-18-14-20(22-17-21(18)26(22,2)3)25-23(29)15-19(16-24(25)30)27(11-7-8-12-27)10-6-4-5-9-13-28;1-17-13-19(21-16-20(17)25(21,2)3)24-22(28)14-18(15-23(24)29)26(10-6-7-11-26)9-5-4-8-12-27/h14-16,20-22,29-30H,4-12,17H2,1-3H3;13-15,19-21,28-29H,4-12,16H2,1-3H3/t20?,21-,22+;19?,20-,21+/m11/s1. The van der Waals surface area contributed by atoms with Crippen LogP contribution in [-0.4, -0.2) is 25.8 Å². The summed E-state index contributed by atoms with van der Waals surface area (Å²) in [5.41, 5.74) is 7.28. The van der Waals surface area contributed by atoms with Crippen LogP contribution in [0.4, 0.5) is 0 Å². The van der Waals surface area contributed by atoms with Crippen LogP contribution in [0.15, 0.2) is 47.6 Å². The van der Waals surface area contributed by atoms with Crippen LogP contribution in [-0.2, 0) is 10.8 Å². The highest BCUT2D eigenvalue weighted by molar-refractivity contribution is 9.09. The summed E-state index contributed by atoms with van der Waals surface area (Å²) in [6.45, 7) is 13.8. The molecule has 4 bridgehead atoms. The molecule has 322 valence electrons. The topological polar surface area (TPSA) is 105 Å². The maximum Gasteiger partial charge on any atom is 0.123 e. The largest absolute Gasteiger partial charge is 0.507 e. The maximum absolute atomic E-state index is 11.1. The number of unbranched alkanes of at least 4 members (excludes halogenated alkanes) is 5. The lowest BCUT2D eigenvalue weighted by Crippen LogP contribution is -2.50. The van der Waals surface area contributed by atoms with Crippen molar-refractivity contribution in [3.05, 3.63) is 69.8 Å². The molecule has 4 saturated carbocycles. The molecule has 0 spiro atoms. The molecule has 2 unspecified atom stereocenters. The van der Waals surface area contributed by atoms with Crippen LogP contribution >= 0.6 is 15.9 Å². The van der Waals surface area contributed by atoms with E-state index in [0.717, 1.165) is 79.0 Å². The first kappa shape index (κ1) is 44.2. The number of nitrogens with zero attached hydrogens (tertiary/aromatic N) is 1. The monoisotopic (exact) mass is 867 g/mol. The van der Waals surface area contributed by atoms with E-state index >= 15 is 0 Å². The zero-order valence-electron chi connectivity index (χ0n) is 37.2. The quantitative estimate of drug-likeness (QED) is 0.0860. The number of alkyl halides is 1. The summed E-state index contributed by atoms with van der Waals surface area (Å²) in [6, 6.07) is 10.2. The van der Waals surface area contributed by atoms with Gasteiger partial charge in [-0.3, -0.25) is 0 Å². The van der Waals surface area contributed by atoms with Gasteiger partial charge in [0.15, 0.2) is 0 Å². The highest BCUT2D eigenvalue weighted by atomic mass is 79.9. The fourth-order valence-corrected chi connectivity index (χ4v) is 14.3. The second kappa shape index (κ2) is 17.5. The molecule has 4 N–H and O–H groups in total. The molecule has 0 aromatic heterocycles. The van der Waals surface area contributed by atoms with E-state index in [1.54, 1.807) is 0 Å². The van der Waals surface area contributed by atoms with E-state index < -0.39 is 0 Å². The van der Waals surface area contributed by atoms with Crippen molar-refractivity contribution in [2.75, 3.05) is 5.33 Å². The number of hydrogen-bond acceptors (Lipinski definition) is 5. The number of halogens is 1. The van der Waals surface area contributed by atoms with Crippen molar-refractivity contribution in [2.45, 2.75) is 186 Å². The van der Waals surface area contributed by atoms with Crippen molar-refractivity contribution in [3.63, 3.8) is 0 Å². The Balaban J connectivity index is 0.000000179. The first-order valence-corrected chi connectivity index (χ1v) is 24.6. The normalized spacial score (nSPS) is 28.9. The zero-order chi connectivity index (χ0) is 42.3. The van der Waals surface area contributed by atoms with Gasteiger partial charge in [0, 0.05) is 34.7 Å². The molecule has 2 aromatic carbocycles. The minimum Gasteiger partial charge on any atom is -0.507 e. The second-order valence-corrected chi connectivity index (χ2v) is 22.1. The Morgan fingerprint density at radius 2 is 0.966 bits per heavy atom. The van der Waals surface area contributed by atoms with Crippen molar-refractivity contribution >= 4 is 15.9 Å². The maximum atomic E-state index is 11.1. The van der Waals surface area contributed by atoms with Crippen LogP contribution in [0.3, 0.4) is 0 Å². The van der Waals surface area contributed by atoms with Gasteiger partial charge in [-0.1, -0.05) is 118 Å². The molecule has 10 rings (SSSR count). The fraction of sp³-hybridized carbons (Fsp3) is 0.679. The molecule has 6 heteroatoms. The van der Waals surface area contributed by atoms with Crippen LogP contribution in [0, 0.1) is 45.8 Å². The molecule has 5 nitrogen and oxygen atoms in total. The molecular formula is C53H74BrNO4. The van der Waals surface area contributed by atoms with E-state index in [-0.39, 0.29) is 45.0 Å². The van der Waals surface area contributed by atoms with Crippen molar-refractivity contribution in [3.8, 4) is 29.1 Å². The lowest BCUT2D eigenvalue weighted by atomic mass is 9.45. The highest BCUT2D eigenvalue weighted by Gasteiger charge is 2.56. The summed E-state index contributed by atoms with van der Waals surface area (Å²) in [5, 5.41) is 54.3. The molecule has 8 aliphatic carbocycles. The SMILES string of the molecule is CC1=CC(c2c(O)cc(C3(CCCCCBr)CCCC3)cc2O)[C@@H]2C[C@H]1C2(C)C.CC1=CC(c2c(O)cc(C3(CCCCCC#N)CCCC3)cc2O)[C@@H]2C[C@H]1C2(C)C. The minimum atomic E-state index is 0.0687. The van der Waals surface area contributed by atoms with Gasteiger partial charge < -0.3 is 20.4 Å². The van der Waals surface area contributed by atoms with Crippen molar-refractivity contribution in [2.24, 2.45) is 34.5 Å². The van der Waals surface area contributed by atoms with Gasteiger partial charge in [0.25, 0.3) is 0 Å². The van der Waals surface area contributed by atoms with Crippen LogP contribution in [0.25, 0.3) is 0 Å². The number of phenolic OH excluding ortho intramolecular Hbond substituents is 4. The van der Waals surface area contributed by atoms with Gasteiger partial charge >= 0.3 is 0 Å². The molecule has 0 aliphatic heterocycles. The summed E-state index contributed by atoms with van der Waals surface area (Å²) >= 11 is 3.54. The van der Waals surface area contributed by atoms with Crippen molar-refractivity contribution in [1.82, 2.24) is 0 Å². The molecule has 4 fully saturated rings. The molecule has 6 atom stereocenters. The molecule has 0 saturated heterocycles. The molecule has 8 aliphatic rings. The van der Waals surface area contributed by atoms with Gasteiger partial charge in [0.1, 0.15) is 23.0 Å². The number of phenols is 4. The number of hydrogen-bond donors (Lipinski definition) is 4. The number of rotatable bonds is 14. The molecule has 2 aromatic rings. The number of allylic oxidation sites excluding steroid dienone is 4. The molecule has 0 radical (unpaired) electrons. The average Bonchev–Trinajstić information content (AvgIpc) is 3.87. The molecule has 0 heterocycles. The van der Waals surface area contributed by atoms with Gasteiger partial charge in [-0.15, -0.1) is 0 Å². The zero-order valence-corrected chi connectivity index (χ0v) is 38.8. The van der Waals surface area contributed by atoms with Crippen LogP contribution in [0.5, 0.6) is 23.0 Å². The third-order valence-corrected chi connectivity index (χ3v) is 18.1. The Kier molecular flexibility index (Phi) is 13.1. The number of fused-ring (bicyclic) bond motifs is 2.